The van der Waals surface area contributed by atoms with Gasteiger partial charge in [-0.2, -0.15) is 5.10 Å². The molecular formula is C34H40N10O. The van der Waals surface area contributed by atoms with Crippen molar-refractivity contribution in [1.29, 1.82) is 0 Å². The maximum atomic E-state index is 14.3. The number of nitrogens with zero attached hydrogens (tertiary/aromatic N) is 9. The second kappa shape index (κ2) is 10.9. The molecule has 0 aliphatic carbocycles. The molecule has 1 spiro atoms. The Morgan fingerprint density at radius 2 is 1.91 bits per heavy atom. The maximum absolute atomic E-state index is 14.3. The van der Waals surface area contributed by atoms with Crippen LogP contribution in [0.2, 0.25) is 0 Å². The summed E-state index contributed by atoms with van der Waals surface area (Å²) in [6.07, 6.45) is 12.5. The molecule has 11 nitrogen and oxygen atoms in total. The van der Waals surface area contributed by atoms with E-state index < -0.39 is 0 Å². The fourth-order valence-corrected chi connectivity index (χ4v) is 7.98. The summed E-state index contributed by atoms with van der Waals surface area (Å²) >= 11 is 0. The molecular weight excluding hydrogens is 564 g/mol. The molecule has 7 heterocycles. The third-order valence-electron chi connectivity index (χ3n) is 10.6. The van der Waals surface area contributed by atoms with E-state index in [9.17, 15) is 4.79 Å². The van der Waals surface area contributed by atoms with Crippen LogP contribution in [-0.2, 0) is 16.6 Å². The highest BCUT2D eigenvalue weighted by atomic mass is 16.2. The number of carbonyl (C=O) groups excluding carboxylic acids is 1. The SMILES string of the molecule is Cc1cc(N2CCC(C)(c3ccccc3)C2)cn2nc(CCN3C(=O)C4(CCNCC4)CCC3c3nccn4cnnc34)nc12. The van der Waals surface area contributed by atoms with Crippen LogP contribution in [0, 0.1) is 12.3 Å². The van der Waals surface area contributed by atoms with E-state index in [-0.39, 0.29) is 22.8 Å². The highest BCUT2D eigenvalue weighted by molar-refractivity contribution is 5.84. The lowest BCUT2D eigenvalue weighted by atomic mass is 9.70. The Morgan fingerprint density at radius 1 is 1.07 bits per heavy atom. The van der Waals surface area contributed by atoms with E-state index in [4.69, 9.17) is 15.1 Å². The molecule has 3 fully saturated rings. The third-order valence-corrected chi connectivity index (χ3v) is 10.6. The zero-order chi connectivity index (χ0) is 30.6. The van der Waals surface area contributed by atoms with Gasteiger partial charge in [-0.3, -0.25) is 14.2 Å². The molecule has 5 aromatic rings. The van der Waals surface area contributed by atoms with Gasteiger partial charge in [0, 0.05) is 43.9 Å². The normalized spacial score (nSPS) is 23.5. The first-order valence-electron chi connectivity index (χ1n) is 16.2. The van der Waals surface area contributed by atoms with Crippen molar-refractivity contribution in [3.8, 4) is 0 Å². The molecule has 232 valence electrons. The van der Waals surface area contributed by atoms with Crippen molar-refractivity contribution < 1.29 is 4.79 Å². The molecule has 1 aromatic carbocycles. The van der Waals surface area contributed by atoms with Crippen molar-refractivity contribution in [2.75, 3.05) is 37.6 Å². The molecule has 4 aromatic heterocycles. The molecule has 1 N–H and O–H groups in total. The van der Waals surface area contributed by atoms with Crippen molar-refractivity contribution in [1.82, 2.24) is 44.4 Å². The molecule has 3 aliphatic rings. The number of hydrogen-bond acceptors (Lipinski definition) is 8. The van der Waals surface area contributed by atoms with Crippen LogP contribution in [0.1, 0.15) is 67.7 Å². The first-order chi connectivity index (χ1) is 21.9. The number of benzene rings is 1. The molecule has 0 bridgehead atoms. The predicted molar refractivity (Wildman–Crippen MR) is 171 cm³/mol. The minimum Gasteiger partial charge on any atom is -0.369 e. The molecule has 0 radical (unpaired) electrons. The summed E-state index contributed by atoms with van der Waals surface area (Å²) in [5.74, 6) is 0.970. The van der Waals surface area contributed by atoms with Crippen LogP contribution in [0.4, 0.5) is 5.69 Å². The van der Waals surface area contributed by atoms with Crippen LogP contribution in [0.15, 0.2) is 61.3 Å². The molecule has 3 saturated heterocycles. The standard InChI is InChI=1S/C34H40N10O/c1-24-20-26(41-18-13-33(2,22-41)25-6-4-3-5-7-25)21-44-30(24)38-28(40-44)9-17-43-27(29-31-39-37-23-42(31)19-16-36-29)8-10-34(32(43)45)11-14-35-15-12-34/h3-7,16,19-21,23,27,35H,8-15,17-18,22H2,1-2H3. The average Bonchev–Trinajstić information content (AvgIpc) is 3.82. The number of aryl methyl sites for hydroxylation is 1. The van der Waals surface area contributed by atoms with Crippen molar-refractivity contribution in [3.63, 3.8) is 0 Å². The number of fused-ring (bicyclic) bond motifs is 2. The van der Waals surface area contributed by atoms with Crippen LogP contribution in [0.5, 0.6) is 0 Å². The van der Waals surface area contributed by atoms with Crippen molar-refractivity contribution in [2.24, 2.45) is 5.41 Å². The number of nitrogens with one attached hydrogen (secondary N) is 1. The minimum atomic E-state index is -0.317. The lowest BCUT2D eigenvalue weighted by molar-refractivity contribution is -0.152. The second-order valence-electron chi connectivity index (χ2n) is 13.5. The minimum absolute atomic E-state index is 0.118. The average molecular weight is 605 g/mol. The smallest absolute Gasteiger partial charge is 0.229 e. The number of piperidine rings is 2. The lowest BCUT2D eigenvalue weighted by Crippen LogP contribution is -2.54. The van der Waals surface area contributed by atoms with Gasteiger partial charge in [0.15, 0.2) is 17.1 Å². The Balaban J connectivity index is 1.06. The van der Waals surface area contributed by atoms with Crippen LogP contribution < -0.4 is 10.2 Å². The molecule has 45 heavy (non-hydrogen) atoms. The summed E-state index contributed by atoms with van der Waals surface area (Å²) < 4.78 is 3.81. The van der Waals surface area contributed by atoms with Gasteiger partial charge in [0.2, 0.25) is 5.91 Å². The molecule has 2 atom stereocenters. The second-order valence-corrected chi connectivity index (χ2v) is 13.5. The molecule has 0 saturated carbocycles. The number of carbonyl (C=O) groups is 1. The first kappa shape index (κ1) is 28.1. The zero-order valence-electron chi connectivity index (χ0n) is 26.1. The lowest BCUT2D eigenvalue weighted by Gasteiger charge is -2.47. The number of anilines is 1. The number of amides is 1. The van der Waals surface area contributed by atoms with Gasteiger partial charge in [-0.25, -0.2) is 9.50 Å². The van der Waals surface area contributed by atoms with Gasteiger partial charge in [-0.05, 0) is 69.3 Å². The molecule has 11 heteroatoms. The Kier molecular flexibility index (Phi) is 6.81. The van der Waals surface area contributed by atoms with Crippen molar-refractivity contribution in [3.05, 3.63) is 84.0 Å². The largest absolute Gasteiger partial charge is 0.369 e. The van der Waals surface area contributed by atoms with Gasteiger partial charge in [-0.15, -0.1) is 10.2 Å². The van der Waals surface area contributed by atoms with E-state index >= 15 is 0 Å². The van der Waals surface area contributed by atoms with E-state index in [1.54, 1.807) is 12.5 Å². The highest BCUT2D eigenvalue weighted by Crippen LogP contribution is 2.46. The van der Waals surface area contributed by atoms with Crippen LogP contribution in [0.3, 0.4) is 0 Å². The topological polar surface area (TPSA) is 109 Å². The predicted octanol–water partition coefficient (Wildman–Crippen LogP) is 3.92. The van der Waals surface area contributed by atoms with E-state index in [1.807, 2.05) is 20.0 Å². The van der Waals surface area contributed by atoms with Gasteiger partial charge in [0.05, 0.1) is 23.3 Å². The van der Waals surface area contributed by atoms with E-state index in [2.05, 4.69) is 76.9 Å². The summed E-state index contributed by atoms with van der Waals surface area (Å²) in [5.41, 5.74) is 5.84. The number of likely N-dealkylation sites (tertiary alicyclic amines) is 1. The van der Waals surface area contributed by atoms with E-state index in [1.165, 1.54) is 11.3 Å². The van der Waals surface area contributed by atoms with Crippen molar-refractivity contribution in [2.45, 2.75) is 63.8 Å². The summed E-state index contributed by atoms with van der Waals surface area (Å²) in [4.78, 5) is 28.5. The van der Waals surface area contributed by atoms with Gasteiger partial charge < -0.3 is 15.1 Å². The monoisotopic (exact) mass is 604 g/mol. The van der Waals surface area contributed by atoms with Gasteiger partial charge in [0.1, 0.15) is 12.0 Å². The number of hydrogen-bond donors (Lipinski definition) is 1. The molecule has 8 rings (SSSR count). The van der Waals surface area contributed by atoms with Crippen LogP contribution in [-0.4, -0.2) is 77.7 Å². The maximum Gasteiger partial charge on any atom is 0.229 e. The van der Waals surface area contributed by atoms with Crippen LogP contribution in [0.25, 0.3) is 11.3 Å². The fourth-order valence-electron chi connectivity index (χ4n) is 7.98. The molecule has 1 amide bonds. The van der Waals surface area contributed by atoms with E-state index in [0.717, 1.165) is 81.0 Å². The number of rotatable bonds is 6. The highest BCUT2D eigenvalue weighted by Gasteiger charge is 2.48. The Morgan fingerprint density at radius 3 is 2.76 bits per heavy atom. The molecule has 2 unspecified atom stereocenters. The van der Waals surface area contributed by atoms with Gasteiger partial charge in [-0.1, -0.05) is 37.3 Å². The summed E-state index contributed by atoms with van der Waals surface area (Å²) in [6.45, 7) is 8.72. The van der Waals surface area contributed by atoms with Gasteiger partial charge in [0.25, 0.3) is 0 Å². The van der Waals surface area contributed by atoms with Crippen LogP contribution >= 0.6 is 0 Å². The summed E-state index contributed by atoms with van der Waals surface area (Å²) in [5, 5.41) is 16.8. The first-order valence-corrected chi connectivity index (χ1v) is 16.2. The Labute approximate surface area is 262 Å². The quantitative estimate of drug-likeness (QED) is 0.311. The summed E-state index contributed by atoms with van der Waals surface area (Å²) in [7, 11) is 0. The molecule has 3 aliphatic heterocycles. The number of aromatic nitrogens is 7. The van der Waals surface area contributed by atoms with Gasteiger partial charge >= 0.3 is 0 Å². The Hall–Kier alpha value is -4.38. The fraction of sp³-hybridized carbons (Fsp3) is 0.471. The Bertz CT molecular complexity index is 1860. The summed E-state index contributed by atoms with van der Waals surface area (Å²) in [6, 6.07) is 12.9. The van der Waals surface area contributed by atoms with Crippen molar-refractivity contribution >= 4 is 22.9 Å². The number of pyridine rings is 1. The zero-order valence-corrected chi connectivity index (χ0v) is 26.1. The van der Waals surface area contributed by atoms with E-state index in [0.29, 0.717) is 18.6 Å². The third kappa shape index (κ3) is 4.84.